The van der Waals surface area contributed by atoms with Gasteiger partial charge in [0, 0.05) is 0 Å². The van der Waals surface area contributed by atoms with Crippen molar-refractivity contribution in [2.24, 2.45) is 4.99 Å². The van der Waals surface area contributed by atoms with E-state index in [-0.39, 0.29) is 12.2 Å². The number of carbonyl (C=O) groups is 1. The zero-order valence-electron chi connectivity index (χ0n) is 24.6. The van der Waals surface area contributed by atoms with Crippen molar-refractivity contribution >= 4 is 46.6 Å². The van der Waals surface area contributed by atoms with Crippen LogP contribution in [0.25, 0.3) is 6.08 Å². The summed E-state index contributed by atoms with van der Waals surface area (Å²) in [5.41, 5.74) is 2.87. The van der Waals surface area contributed by atoms with E-state index in [0.717, 1.165) is 11.1 Å². The van der Waals surface area contributed by atoms with Crippen molar-refractivity contribution in [3.05, 3.63) is 118 Å². The van der Waals surface area contributed by atoms with Crippen LogP contribution in [0, 0.1) is 0 Å². The highest BCUT2D eigenvalue weighted by Gasteiger charge is 2.34. The number of thiazole rings is 1. The second-order valence-electron chi connectivity index (χ2n) is 9.75. The van der Waals surface area contributed by atoms with Gasteiger partial charge in [-0.05, 0) is 79.9 Å². The Morgan fingerprint density at radius 2 is 1.75 bits per heavy atom. The normalized spacial score (nSPS) is 14.6. The molecule has 0 N–H and O–H groups in total. The quantitative estimate of drug-likeness (QED) is 0.193. The van der Waals surface area contributed by atoms with E-state index >= 15 is 0 Å². The Balaban J connectivity index is 1.51. The molecule has 0 aliphatic carbocycles. The first-order valence-corrected chi connectivity index (χ1v) is 15.5. The Bertz CT molecular complexity index is 1910. The number of halogens is 2. The summed E-state index contributed by atoms with van der Waals surface area (Å²) in [6, 6.07) is 17.4. The lowest BCUT2D eigenvalue weighted by molar-refractivity contribution is -0.139. The molecule has 1 aromatic heterocycles. The maximum atomic E-state index is 14.0. The topological polar surface area (TPSA) is 88.4 Å². The highest BCUT2D eigenvalue weighted by molar-refractivity contribution is 7.07. The third kappa shape index (κ3) is 6.55. The molecule has 0 fully saturated rings. The van der Waals surface area contributed by atoms with Gasteiger partial charge in [-0.2, -0.15) is 0 Å². The molecule has 0 spiro atoms. The van der Waals surface area contributed by atoms with Crippen molar-refractivity contribution in [1.29, 1.82) is 0 Å². The van der Waals surface area contributed by atoms with Gasteiger partial charge < -0.3 is 18.9 Å². The second kappa shape index (κ2) is 13.7. The number of nitrogens with zero attached hydrogens (tertiary/aromatic N) is 2. The number of rotatable bonds is 10. The summed E-state index contributed by atoms with van der Waals surface area (Å²) >= 11 is 13.4. The molecule has 44 heavy (non-hydrogen) atoms. The first kappa shape index (κ1) is 31.4. The molecule has 0 amide bonds. The highest BCUT2D eigenvalue weighted by Crippen LogP contribution is 2.36. The molecule has 11 heteroatoms. The van der Waals surface area contributed by atoms with Crippen LogP contribution in [0.15, 0.2) is 81.7 Å². The number of hydrogen-bond acceptors (Lipinski definition) is 8. The molecule has 8 nitrogen and oxygen atoms in total. The molecule has 0 radical (unpaired) electrons. The maximum absolute atomic E-state index is 14.0. The fourth-order valence-electron chi connectivity index (χ4n) is 4.85. The van der Waals surface area contributed by atoms with Gasteiger partial charge in [0.05, 0.1) is 52.2 Å². The van der Waals surface area contributed by atoms with Crippen molar-refractivity contribution in [1.82, 2.24) is 4.57 Å². The van der Waals surface area contributed by atoms with Crippen LogP contribution in [0.5, 0.6) is 17.2 Å². The molecular weight excluding hydrogens is 623 g/mol. The van der Waals surface area contributed by atoms with Crippen LogP contribution in [0.4, 0.5) is 0 Å². The van der Waals surface area contributed by atoms with Gasteiger partial charge in [0.25, 0.3) is 5.56 Å². The van der Waals surface area contributed by atoms with Gasteiger partial charge in [-0.15, -0.1) is 0 Å². The van der Waals surface area contributed by atoms with Crippen LogP contribution in [0.1, 0.15) is 43.5 Å². The van der Waals surface area contributed by atoms with Gasteiger partial charge >= 0.3 is 5.97 Å². The Hall–Kier alpha value is -4.05. The van der Waals surface area contributed by atoms with Crippen LogP contribution < -0.4 is 29.1 Å². The van der Waals surface area contributed by atoms with Crippen molar-refractivity contribution in [2.45, 2.75) is 33.4 Å². The minimum Gasteiger partial charge on any atom is -0.493 e. The Morgan fingerprint density at radius 1 is 0.977 bits per heavy atom. The van der Waals surface area contributed by atoms with Gasteiger partial charge in [-0.25, -0.2) is 9.79 Å². The van der Waals surface area contributed by atoms with E-state index in [1.54, 1.807) is 55.9 Å². The van der Waals surface area contributed by atoms with E-state index in [0.29, 0.717) is 66.7 Å². The third-order valence-electron chi connectivity index (χ3n) is 6.89. The fourth-order valence-corrected chi connectivity index (χ4v) is 6.21. The number of carbonyl (C=O) groups excluding carboxylic acids is 1. The van der Waals surface area contributed by atoms with E-state index in [9.17, 15) is 9.59 Å². The molecule has 1 atom stereocenters. The molecule has 0 unspecified atom stereocenters. The average molecular weight is 654 g/mol. The summed E-state index contributed by atoms with van der Waals surface area (Å²) in [5, 5.41) is 0.959. The maximum Gasteiger partial charge on any atom is 0.338 e. The summed E-state index contributed by atoms with van der Waals surface area (Å²) in [6.07, 6.45) is 1.80. The first-order chi connectivity index (χ1) is 21.2. The number of aromatic nitrogens is 1. The molecule has 5 rings (SSSR count). The van der Waals surface area contributed by atoms with Gasteiger partial charge in [0.1, 0.15) is 12.4 Å². The molecule has 1 aliphatic rings. The highest BCUT2D eigenvalue weighted by atomic mass is 35.5. The molecule has 1 aliphatic heterocycles. The lowest BCUT2D eigenvalue weighted by atomic mass is 9.95. The number of hydrogen-bond donors (Lipinski definition) is 0. The second-order valence-corrected chi connectivity index (χ2v) is 11.6. The SMILES string of the molecule is CCOC(=O)C1=C(C)N=c2s/c(=C/c3ccc(OCc4ccc(Cl)c(Cl)c4)cc3)c(=O)n2[C@H]1c1ccc(OC)c(OCC)c1. The Labute approximate surface area is 268 Å². The molecular formula is C33H30Cl2N2O6S. The number of ether oxygens (including phenoxy) is 4. The summed E-state index contributed by atoms with van der Waals surface area (Å²) in [7, 11) is 1.56. The summed E-state index contributed by atoms with van der Waals surface area (Å²) in [6.45, 7) is 6.29. The number of allylic oxidation sites excluding steroid dienone is 1. The average Bonchev–Trinajstić information content (AvgIpc) is 3.31. The zero-order chi connectivity index (χ0) is 31.4. The zero-order valence-corrected chi connectivity index (χ0v) is 26.9. The van der Waals surface area contributed by atoms with Crippen LogP contribution in [-0.2, 0) is 16.1 Å². The molecule has 228 valence electrons. The molecule has 0 bridgehead atoms. The standard InChI is InChI=1S/C33H30Cl2N2O6S/c1-5-41-27-17-22(10-14-26(27)40-4)30-29(32(39)42-6-2)19(3)36-33-37(30)31(38)28(44-33)16-20-7-11-23(12-8-20)43-18-21-9-13-24(34)25(35)15-21/h7-17,30H,5-6,18H2,1-4H3/b28-16+/t30-/m0/s1. The monoisotopic (exact) mass is 652 g/mol. The van der Waals surface area contributed by atoms with E-state index in [1.807, 2.05) is 43.3 Å². The predicted octanol–water partition coefficient (Wildman–Crippen LogP) is 6.09. The minimum absolute atomic E-state index is 0.187. The van der Waals surface area contributed by atoms with Crippen LogP contribution in [0.3, 0.4) is 0 Å². The van der Waals surface area contributed by atoms with Crippen LogP contribution in [0.2, 0.25) is 10.0 Å². The lowest BCUT2D eigenvalue weighted by Crippen LogP contribution is -2.40. The van der Waals surface area contributed by atoms with Gasteiger partial charge in [-0.3, -0.25) is 9.36 Å². The predicted molar refractivity (Wildman–Crippen MR) is 172 cm³/mol. The van der Waals surface area contributed by atoms with Crippen molar-refractivity contribution in [3.63, 3.8) is 0 Å². The Morgan fingerprint density at radius 3 is 2.43 bits per heavy atom. The fraction of sp³-hybridized carbons (Fsp3) is 0.242. The van der Waals surface area contributed by atoms with E-state index in [1.165, 1.54) is 11.3 Å². The number of esters is 1. The van der Waals surface area contributed by atoms with Gasteiger partial charge in [-0.1, -0.05) is 58.8 Å². The largest absolute Gasteiger partial charge is 0.493 e. The van der Waals surface area contributed by atoms with Gasteiger partial charge in [0.15, 0.2) is 16.3 Å². The van der Waals surface area contributed by atoms with Crippen molar-refractivity contribution in [3.8, 4) is 17.2 Å². The van der Waals surface area contributed by atoms with Crippen molar-refractivity contribution < 1.29 is 23.7 Å². The molecule has 2 heterocycles. The molecule has 3 aromatic carbocycles. The van der Waals surface area contributed by atoms with Gasteiger partial charge in [0.2, 0.25) is 0 Å². The molecule has 4 aromatic rings. The van der Waals surface area contributed by atoms with Crippen LogP contribution in [-0.4, -0.2) is 30.9 Å². The number of methoxy groups -OCH3 is 1. The Kier molecular flexibility index (Phi) is 9.78. The summed E-state index contributed by atoms with van der Waals surface area (Å²) < 4.78 is 24.6. The number of fused-ring (bicyclic) bond motifs is 1. The lowest BCUT2D eigenvalue weighted by Gasteiger charge is -2.25. The molecule has 0 saturated heterocycles. The third-order valence-corrected chi connectivity index (χ3v) is 8.61. The number of benzene rings is 3. The summed E-state index contributed by atoms with van der Waals surface area (Å²) in [4.78, 5) is 32.3. The smallest absolute Gasteiger partial charge is 0.338 e. The van der Waals surface area contributed by atoms with E-state index in [4.69, 9.17) is 42.1 Å². The minimum atomic E-state index is -0.769. The summed E-state index contributed by atoms with van der Waals surface area (Å²) in [5.74, 6) is 1.19. The van der Waals surface area contributed by atoms with E-state index < -0.39 is 12.0 Å². The van der Waals surface area contributed by atoms with Crippen molar-refractivity contribution in [2.75, 3.05) is 20.3 Å². The van der Waals surface area contributed by atoms with Crippen LogP contribution >= 0.6 is 34.5 Å². The van der Waals surface area contributed by atoms with E-state index in [2.05, 4.69) is 4.99 Å². The first-order valence-electron chi connectivity index (χ1n) is 13.9. The molecule has 0 saturated carbocycles.